The first kappa shape index (κ1) is 20.4. The first-order chi connectivity index (χ1) is 14.6. The monoisotopic (exact) mass is 462 g/mol. The van der Waals surface area contributed by atoms with Crippen LogP contribution in [-0.4, -0.2) is 16.8 Å². The summed E-state index contributed by atoms with van der Waals surface area (Å²) < 4.78 is 6.87. The molecule has 0 unspecified atom stereocenters. The zero-order valence-corrected chi connectivity index (χ0v) is 18.6. The number of aromatic nitrogens is 2. The molecule has 4 rings (SSSR count). The van der Waals surface area contributed by atoms with Gasteiger partial charge in [0, 0.05) is 16.5 Å². The summed E-state index contributed by atoms with van der Waals surface area (Å²) in [5.41, 5.74) is 4.61. The van der Waals surface area contributed by atoms with Gasteiger partial charge in [0.1, 0.15) is 5.75 Å². The summed E-state index contributed by atoms with van der Waals surface area (Å²) in [5.74, 6) is 0.695. The summed E-state index contributed by atoms with van der Waals surface area (Å²) in [6, 6.07) is 20.1. The van der Waals surface area contributed by atoms with Crippen molar-refractivity contribution in [3.63, 3.8) is 0 Å². The van der Waals surface area contributed by atoms with Crippen LogP contribution in [0.15, 0.2) is 69.9 Å². The van der Waals surface area contributed by atoms with Gasteiger partial charge in [-0.1, -0.05) is 67.9 Å². The molecule has 0 aliphatic carbocycles. The van der Waals surface area contributed by atoms with Gasteiger partial charge in [-0.15, -0.1) is 0 Å². The maximum Gasteiger partial charge on any atom is 0.273 e. The largest absolute Gasteiger partial charge is 0.492 e. The molecule has 5 heteroatoms. The number of hydrogen-bond acceptors (Lipinski definition) is 3. The molecule has 0 amide bonds. The molecule has 1 heterocycles. The zero-order valence-electron chi connectivity index (χ0n) is 17.0. The summed E-state index contributed by atoms with van der Waals surface area (Å²) >= 11 is 3.69. The second kappa shape index (κ2) is 8.84. The van der Waals surface area contributed by atoms with Gasteiger partial charge in [-0.3, -0.25) is 4.79 Å². The molecule has 0 radical (unpaired) electrons. The Morgan fingerprint density at radius 2 is 1.77 bits per heavy atom. The molecule has 0 atom stereocenters. The third kappa shape index (κ3) is 3.77. The van der Waals surface area contributed by atoms with Gasteiger partial charge in [-0.25, -0.2) is 5.10 Å². The topological polar surface area (TPSA) is 55.0 Å². The normalized spacial score (nSPS) is 11.0. The average molecular weight is 463 g/mol. The van der Waals surface area contributed by atoms with Crippen molar-refractivity contribution in [2.24, 2.45) is 0 Å². The van der Waals surface area contributed by atoms with Crippen molar-refractivity contribution in [3.8, 4) is 28.1 Å². The van der Waals surface area contributed by atoms with E-state index in [0.29, 0.717) is 22.2 Å². The van der Waals surface area contributed by atoms with Gasteiger partial charge in [0.2, 0.25) is 0 Å². The Bertz CT molecular complexity index is 1250. The van der Waals surface area contributed by atoms with Crippen molar-refractivity contribution in [1.29, 1.82) is 0 Å². The lowest BCUT2D eigenvalue weighted by Gasteiger charge is -2.18. The van der Waals surface area contributed by atoms with Crippen LogP contribution in [0.5, 0.6) is 5.75 Å². The number of rotatable bonds is 6. The molecule has 0 bridgehead atoms. The molecule has 4 aromatic rings. The van der Waals surface area contributed by atoms with Gasteiger partial charge >= 0.3 is 0 Å². The van der Waals surface area contributed by atoms with Crippen LogP contribution in [0.3, 0.4) is 0 Å². The number of aryl methyl sites for hydroxylation is 1. The molecule has 0 aliphatic rings. The van der Waals surface area contributed by atoms with Crippen LogP contribution in [-0.2, 0) is 0 Å². The molecule has 0 aliphatic heterocycles. The van der Waals surface area contributed by atoms with Gasteiger partial charge in [-0.2, -0.15) is 5.10 Å². The number of fused-ring (bicyclic) bond motifs is 1. The van der Waals surface area contributed by atoms with Crippen molar-refractivity contribution in [2.75, 3.05) is 6.61 Å². The van der Waals surface area contributed by atoms with Gasteiger partial charge in [0.05, 0.1) is 22.2 Å². The van der Waals surface area contributed by atoms with E-state index in [4.69, 9.17) is 4.74 Å². The van der Waals surface area contributed by atoms with Gasteiger partial charge < -0.3 is 4.74 Å². The standard InChI is InChI=1S/C25H23BrN2O2/c1-3-4-14-30-24-19(18-13-9-8-10-16(18)2)15-20-21(22(24)26)25(29)28-27-23(20)17-11-6-5-7-12-17/h5-13,15H,3-4,14H2,1-2H3,(H,28,29). The van der Waals surface area contributed by atoms with Crippen LogP contribution in [0, 0.1) is 6.92 Å². The van der Waals surface area contributed by atoms with Gasteiger partial charge in [0.25, 0.3) is 5.56 Å². The Balaban J connectivity index is 2.06. The fraction of sp³-hybridized carbons (Fsp3) is 0.200. The molecule has 1 N–H and O–H groups in total. The average Bonchev–Trinajstić information content (AvgIpc) is 2.76. The summed E-state index contributed by atoms with van der Waals surface area (Å²) in [4.78, 5) is 12.8. The van der Waals surface area contributed by atoms with E-state index in [1.165, 1.54) is 0 Å². The Kier molecular flexibility index (Phi) is 6.00. The number of nitrogens with zero attached hydrogens (tertiary/aromatic N) is 1. The zero-order chi connectivity index (χ0) is 21.1. The van der Waals surface area contributed by atoms with Crippen molar-refractivity contribution < 1.29 is 4.74 Å². The molecule has 0 saturated carbocycles. The van der Waals surface area contributed by atoms with E-state index in [0.717, 1.165) is 46.2 Å². The lowest BCUT2D eigenvalue weighted by Crippen LogP contribution is -2.11. The minimum Gasteiger partial charge on any atom is -0.492 e. The lowest BCUT2D eigenvalue weighted by atomic mass is 9.95. The number of unbranched alkanes of at least 4 members (excludes halogenated alkanes) is 1. The maximum absolute atomic E-state index is 12.8. The van der Waals surface area contributed by atoms with E-state index < -0.39 is 0 Å². The predicted octanol–water partition coefficient (Wildman–Crippen LogP) is 6.51. The number of H-pyrrole nitrogens is 1. The maximum atomic E-state index is 12.8. The number of ether oxygens (including phenoxy) is 1. The summed E-state index contributed by atoms with van der Waals surface area (Å²) in [7, 11) is 0. The lowest BCUT2D eigenvalue weighted by molar-refractivity contribution is 0.309. The van der Waals surface area contributed by atoms with Crippen molar-refractivity contribution in [3.05, 3.63) is 81.1 Å². The Labute approximate surface area is 184 Å². The molecule has 0 spiro atoms. The Morgan fingerprint density at radius 1 is 1.03 bits per heavy atom. The molecule has 0 fully saturated rings. The highest BCUT2D eigenvalue weighted by Gasteiger charge is 2.21. The first-order valence-electron chi connectivity index (χ1n) is 10.1. The number of benzene rings is 3. The number of hydrogen-bond donors (Lipinski definition) is 1. The summed E-state index contributed by atoms with van der Waals surface area (Å²) in [5, 5.41) is 8.38. The van der Waals surface area contributed by atoms with Gasteiger partial charge in [-0.05, 0) is 46.5 Å². The first-order valence-corrected chi connectivity index (χ1v) is 10.9. The van der Waals surface area contributed by atoms with Crippen molar-refractivity contribution in [2.45, 2.75) is 26.7 Å². The molecule has 4 nitrogen and oxygen atoms in total. The molecule has 3 aromatic carbocycles. The third-order valence-electron chi connectivity index (χ3n) is 5.20. The Morgan fingerprint density at radius 3 is 2.50 bits per heavy atom. The van der Waals surface area contributed by atoms with Crippen LogP contribution >= 0.6 is 15.9 Å². The SMILES string of the molecule is CCCCOc1c(-c2ccccc2C)cc2c(-c3ccccc3)n[nH]c(=O)c2c1Br. The van der Waals surface area contributed by atoms with E-state index in [1.807, 2.05) is 48.5 Å². The van der Waals surface area contributed by atoms with Gasteiger partial charge in [0.15, 0.2) is 0 Å². The highest BCUT2D eigenvalue weighted by molar-refractivity contribution is 9.10. The van der Waals surface area contributed by atoms with Crippen LogP contribution in [0.1, 0.15) is 25.3 Å². The second-order valence-corrected chi connectivity index (χ2v) is 8.07. The van der Waals surface area contributed by atoms with Crippen LogP contribution < -0.4 is 10.3 Å². The van der Waals surface area contributed by atoms with E-state index in [1.54, 1.807) is 0 Å². The molecule has 30 heavy (non-hydrogen) atoms. The fourth-order valence-electron chi connectivity index (χ4n) is 3.61. The molecule has 0 saturated heterocycles. The summed E-state index contributed by atoms with van der Waals surface area (Å²) in [6.45, 7) is 4.80. The smallest absolute Gasteiger partial charge is 0.273 e. The second-order valence-electron chi connectivity index (χ2n) is 7.27. The highest BCUT2D eigenvalue weighted by Crippen LogP contribution is 2.43. The van der Waals surface area contributed by atoms with E-state index in [-0.39, 0.29) is 5.56 Å². The van der Waals surface area contributed by atoms with Crippen molar-refractivity contribution >= 4 is 26.7 Å². The van der Waals surface area contributed by atoms with Crippen LogP contribution in [0.25, 0.3) is 33.2 Å². The van der Waals surface area contributed by atoms with Crippen LogP contribution in [0.2, 0.25) is 0 Å². The third-order valence-corrected chi connectivity index (χ3v) is 5.96. The van der Waals surface area contributed by atoms with E-state index >= 15 is 0 Å². The molecular weight excluding hydrogens is 440 g/mol. The minimum atomic E-state index is -0.242. The quantitative estimate of drug-likeness (QED) is 0.332. The van der Waals surface area contributed by atoms with E-state index in [2.05, 4.69) is 52.1 Å². The number of nitrogens with one attached hydrogen (secondary N) is 1. The fourth-order valence-corrected chi connectivity index (χ4v) is 4.34. The summed E-state index contributed by atoms with van der Waals surface area (Å²) in [6.07, 6.45) is 1.98. The number of halogens is 1. The molecule has 152 valence electrons. The number of aromatic amines is 1. The van der Waals surface area contributed by atoms with Crippen molar-refractivity contribution in [1.82, 2.24) is 10.2 Å². The minimum absolute atomic E-state index is 0.242. The predicted molar refractivity (Wildman–Crippen MR) is 126 cm³/mol. The van der Waals surface area contributed by atoms with E-state index in [9.17, 15) is 4.79 Å². The molecular formula is C25H23BrN2O2. The highest BCUT2D eigenvalue weighted by atomic mass is 79.9. The Hall–Kier alpha value is -2.92. The van der Waals surface area contributed by atoms with Crippen LogP contribution in [0.4, 0.5) is 0 Å². The molecule has 1 aromatic heterocycles.